The topological polar surface area (TPSA) is 142 Å². The van der Waals surface area contributed by atoms with Crippen molar-refractivity contribution in [1.29, 1.82) is 0 Å². The smallest absolute Gasteiger partial charge is 0.430 e. The van der Waals surface area contributed by atoms with Crippen LogP contribution in [0.15, 0.2) is 109 Å². The summed E-state index contributed by atoms with van der Waals surface area (Å²) in [5.41, 5.74) is 1.29. The van der Waals surface area contributed by atoms with Crippen LogP contribution in [0, 0.1) is 0 Å². The van der Waals surface area contributed by atoms with Crippen molar-refractivity contribution < 1.29 is 57.1 Å². The molecule has 45 heavy (non-hydrogen) atoms. The van der Waals surface area contributed by atoms with Gasteiger partial charge in [-0.3, -0.25) is 0 Å². The minimum atomic E-state index is -1.00. The van der Waals surface area contributed by atoms with E-state index in [9.17, 15) is 19.2 Å². The Balaban J connectivity index is 1.19. The molecule has 0 heterocycles. The lowest BCUT2D eigenvalue weighted by molar-refractivity contribution is 0.0184. The van der Waals surface area contributed by atoms with E-state index in [1.165, 1.54) is 6.92 Å². The van der Waals surface area contributed by atoms with Crippen LogP contribution in [-0.4, -0.2) is 50.5 Å². The summed E-state index contributed by atoms with van der Waals surface area (Å²) < 4.78 is 40.4. The lowest BCUT2D eigenvalue weighted by Crippen LogP contribution is -2.25. The van der Waals surface area contributed by atoms with Crippen molar-refractivity contribution >= 4 is 24.6 Å². The number of carbonyl (C=O) groups is 4. The van der Waals surface area contributed by atoms with E-state index in [2.05, 4.69) is 0 Å². The highest BCUT2D eigenvalue weighted by molar-refractivity contribution is 5.71. The normalized spacial score (nSPS) is 10.9. The zero-order chi connectivity index (χ0) is 31.9. The van der Waals surface area contributed by atoms with E-state index in [0.29, 0.717) is 22.6 Å². The van der Waals surface area contributed by atoms with Crippen molar-refractivity contribution in [2.24, 2.45) is 0 Å². The summed E-state index contributed by atoms with van der Waals surface area (Å²) in [5.74, 6) is 1.01. The van der Waals surface area contributed by atoms with Crippen molar-refractivity contribution in [2.75, 3.05) is 19.8 Å². The number of carbonyl (C=O) groups excluding carboxylic acids is 4. The fraction of sp³-hybridized carbons (Fsp3) is 0.152. The zero-order valence-electron chi connectivity index (χ0n) is 24.0. The van der Waals surface area contributed by atoms with Gasteiger partial charge in [-0.05, 0) is 66.6 Å². The van der Waals surface area contributed by atoms with Crippen LogP contribution in [0.5, 0.6) is 23.0 Å². The van der Waals surface area contributed by atoms with Crippen LogP contribution in [-0.2, 0) is 18.9 Å². The Hall–Kier alpha value is -6.04. The zero-order valence-corrected chi connectivity index (χ0v) is 24.0. The fourth-order valence-corrected chi connectivity index (χ4v) is 3.59. The van der Waals surface area contributed by atoms with Gasteiger partial charge < -0.3 is 37.9 Å². The highest BCUT2D eigenvalue weighted by Gasteiger charge is 2.16. The molecule has 4 aromatic carbocycles. The molecule has 0 aliphatic carbocycles. The minimum absolute atomic E-state index is 0.186. The molecule has 0 bridgehead atoms. The van der Waals surface area contributed by atoms with Gasteiger partial charge >= 0.3 is 24.6 Å². The Bertz CT molecular complexity index is 1570. The molecule has 0 aliphatic heterocycles. The Labute approximate surface area is 257 Å². The van der Waals surface area contributed by atoms with E-state index in [0.717, 1.165) is 0 Å². The molecule has 0 spiro atoms. The molecule has 4 rings (SSSR count). The number of para-hydroxylation sites is 2. The SMILES string of the molecule is CC(COC(=O)Oc1cccc(-c2cccc(OC(=O)OCCOC(=O)Oc3ccccc3)c2)c1)OC(=O)Oc1ccccc1. The third-order valence-electron chi connectivity index (χ3n) is 5.55. The predicted molar refractivity (Wildman–Crippen MR) is 157 cm³/mol. The summed E-state index contributed by atoms with van der Waals surface area (Å²) in [6.45, 7) is 0.785. The van der Waals surface area contributed by atoms with E-state index >= 15 is 0 Å². The third-order valence-corrected chi connectivity index (χ3v) is 5.55. The standard InChI is InChI=1S/C33H28O12/c1-23(41-33(37)43-27-14-6-3-7-15-27)22-40-32(36)45-29-17-9-11-25(21-29)24-10-8-16-28(20-24)44-31(35)39-19-18-38-30(34)42-26-12-4-2-5-13-26/h2-17,20-21,23H,18-19,22H2,1H3. The molecule has 0 N–H and O–H groups in total. The first-order valence-corrected chi connectivity index (χ1v) is 13.6. The molecule has 0 aliphatic rings. The summed E-state index contributed by atoms with van der Waals surface area (Å²) in [4.78, 5) is 47.9. The van der Waals surface area contributed by atoms with Crippen molar-refractivity contribution in [2.45, 2.75) is 13.0 Å². The lowest BCUT2D eigenvalue weighted by Gasteiger charge is -2.13. The van der Waals surface area contributed by atoms with Crippen LogP contribution in [0.1, 0.15) is 6.92 Å². The molecule has 1 atom stereocenters. The summed E-state index contributed by atoms with van der Waals surface area (Å²) in [5, 5.41) is 0. The minimum Gasteiger partial charge on any atom is -0.430 e. The molecular formula is C33H28O12. The van der Waals surface area contributed by atoms with E-state index in [4.69, 9.17) is 37.9 Å². The van der Waals surface area contributed by atoms with E-state index < -0.39 is 30.7 Å². The third kappa shape index (κ3) is 11.3. The van der Waals surface area contributed by atoms with Gasteiger partial charge in [0.05, 0.1) is 0 Å². The number of hydrogen-bond acceptors (Lipinski definition) is 12. The van der Waals surface area contributed by atoms with Gasteiger partial charge in [0.25, 0.3) is 0 Å². The Morgan fingerprint density at radius 2 is 0.889 bits per heavy atom. The highest BCUT2D eigenvalue weighted by atomic mass is 16.8. The Morgan fingerprint density at radius 3 is 1.38 bits per heavy atom. The molecule has 12 heteroatoms. The maximum Gasteiger partial charge on any atom is 0.514 e. The van der Waals surface area contributed by atoms with Gasteiger partial charge in [-0.2, -0.15) is 0 Å². The summed E-state index contributed by atoms with van der Waals surface area (Å²) in [7, 11) is 0. The van der Waals surface area contributed by atoms with Gasteiger partial charge in [0, 0.05) is 0 Å². The molecular weight excluding hydrogens is 588 g/mol. The molecule has 0 saturated heterocycles. The lowest BCUT2D eigenvalue weighted by atomic mass is 10.1. The van der Waals surface area contributed by atoms with Crippen molar-refractivity contribution in [3.63, 3.8) is 0 Å². The molecule has 232 valence electrons. The summed E-state index contributed by atoms with van der Waals surface area (Å²) >= 11 is 0. The number of ether oxygens (including phenoxy) is 8. The van der Waals surface area contributed by atoms with Gasteiger partial charge in [-0.25, -0.2) is 19.2 Å². The maximum absolute atomic E-state index is 12.2. The molecule has 0 amide bonds. The number of benzene rings is 4. The molecule has 0 saturated carbocycles. The second-order valence-corrected chi connectivity index (χ2v) is 9.03. The van der Waals surface area contributed by atoms with Crippen LogP contribution in [0.2, 0.25) is 0 Å². The Morgan fingerprint density at radius 1 is 0.489 bits per heavy atom. The van der Waals surface area contributed by atoms with Crippen molar-refractivity contribution in [3.05, 3.63) is 109 Å². The molecule has 12 nitrogen and oxygen atoms in total. The van der Waals surface area contributed by atoms with Gasteiger partial charge in [-0.1, -0.05) is 60.7 Å². The molecule has 4 aromatic rings. The van der Waals surface area contributed by atoms with E-state index in [-0.39, 0.29) is 31.3 Å². The second kappa shape index (κ2) is 16.6. The molecule has 0 radical (unpaired) electrons. The average Bonchev–Trinajstić information content (AvgIpc) is 3.03. The maximum atomic E-state index is 12.2. The van der Waals surface area contributed by atoms with Crippen molar-refractivity contribution in [3.8, 4) is 34.1 Å². The summed E-state index contributed by atoms with van der Waals surface area (Å²) in [6, 6.07) is 29.9. The number of rotatable bonds is 11. The summed E-state index contributed by atoms with van der Waals surface area (Å²) in [6.07, 6.45) is -4.67. The first kappa shape index (κ1) is 31.9. The highest BCUT2D eigenvalue weighted by Crippen LogP contribution is 2.27. The molecule has 0 fully saturated rings. The van der Waals surface area contributed by atoms with Crippen LogP contribution < -0.4 is 18.9 Å². The van der Waals surface area contributed by atoms with Crippen LogP contribution in [0.3, 0.4) is 0 Å². The van der Waals surface area contributed by atoms with E-state index in [1.54, 1.807) is 109 Å². The van der Waals surface area contributed by atoms with Gasteiger partial charge in [0.2, 0.25) is 0 Å². The molecule has 0 aromatic heterocycles. The van der Waals surface area contributed by atoms with Crippen molar-refractivity contribution in [1.82, 2.24) is 0 Å². The Kier molecular flexibility index (Phi) is 11.7. The molecule has 1 unspecified atom stereocenters. The fourth-order valence-electron chi connectivity index (χ4n) is 3.59. The number of hydrogen-bond donors (Lipinski definition) is 0. The first-order valence-electron chi connectivity index (χ1n) is 13.6. The van der Waals surface area contributed by atoms with Gasteiger partial charge in [-0.15, -0.1) is 0 Å². The van der Waals surface area contributed by atoms with Crippen LogP contribution in [0.25, 0.3) is 11.1 Å². The predicted octanol–water partition coefficient (Wildman–Crippen LogP) is 7.20. The van der Waals surface area contributed by atoms with Gasteiger partial charge in [0.15, 0.2) is 0 Å². The average molecular weight is 617 g/mol. The first-order chi connectivity index (χ1) is 21.8. The van der Waals surface area contributed by atoms with E-state index in [1.807, 2.05) is 0 Å². The second-order valence-electron chi connectivity index (χ2n) is 9.03. The quantitative estimate of drug-likeness (QED) is 0.0727. The monoisotopic (exact) mass is 616 g/mol. The van der Waals surface area contributed by atoms with Gasteiger partial charge in [0.1, 0.15) is 48.9 Å². The largest absolute Gasteiger partial charge is 0.514 e. The van der Waals surface area contributed by atoms with Crippen LogP contribution >= 0.6 is 0 Å². The van der Waals surface area contributed by atoms with Crippen LogP contribution in [0.4, 0.5) is 19.2 Å².